The zero-order valence-corrected chi connectivity index (χ0v) is 7.64. The van der Waals surface area contributed by atoms with Crippen LogP contribution in [0.15, 0.2) is 0 Å². The van der Waals surface area contributed by atoms with Crippen LogP contribution < -0.4 is 0 Å². The summed E-state index contributed by atoms with van der Waals surface area (Å²) in [6.07, 6.45) is 0. The van der Waals surface area contributed by atoms with Crippen LogP contribution in [0.25, 0.3) is 0 Å². The molecule has 0 aromatic rings. The summed E-state index contributed by atoms with van der Waals surface area (Å²) in [5, 5.41) is 0. The van der Waals surface area contributed by atoms with Crippen molar-refractivity contribution in [3.63, 3.8) is 0 Å². The van der Waals surface area contributed by atoms with Gasteiger partial charge in [0.15, 0.2) is 0 Å². The van der Waals surface area contributed by atoms with Crippen LogP contribution in [0.2, 0.25) is 0 Å². The van der Waals surface area contributed by atoms with Crippen LogP contribution in [0.1, 0.15) is 0 Å². The Bertz CT molecular complexity index is 27.9. The summed E-state index contributed by atoms with van der Waals surface area (Å²) in [6, 6.07) is 0. The Kier molecular flexibility index (Phi) is 23.7. The van der Waals surface area contributed by atoms with Gasteiger partial charge in [0.05, 0.1) is 0 Å². The second kappa shape index (κ2) is 8.32. The molecule has 0 aliphatic carbocycles. The first-order valence-electron chi connectivity index (χ1n) is 0.894. The Morgan fingerprint density at radius 1 is 0.875 bits per heavy atom. The molecule has 0 rings (SSSR count). The minimum Gasteiger partial charge on any atom is -0.412 e. The Labute approximate surface area is 74.0 Å². The molecule has 0 saturated carbocycles. The average Bonchev–Trinajstić information content (AvgIpc) is 0.722. The topological polar surface area (TPSA) is 112 Å². The van der Waals surface area contributed by atoms with Gasteiger partial charge in [-0.3, -0.25) is 0 Å². The van der Waals surface area contributed by atoms with Gasteiger partial charge in [-0.2, -0.15) is 0 Å². The van der Waals surface area contributed by atoms with Gasteiger partial charge in [-0.1, -0.05) is 0 Å². The van der Waals surface area contributed by atoms with Crippen molar-refractivity contribution in [1.82, 2.24) is 0 Å². The van der Waals surface area contributed by atoms with Crippen LogP contribution in [0.4, 0.5) is 0 Å². The predicted octanol–water partition coefficient (Wildman–Crippen LogP) is -4.20. The van der Waals surface area contributed by atoms with Gasteiger partial charge in [0.25, 0.3) is 0 Å². The summed E-state index contributed by atoms with van der Waals surface area (Å²) in [7, 11) is -4.61. The Morgan fingerprint density at radius 3 is 0.875 bits per heavy atom. The standard InChI is InChI=1S/Al.Mg.H4O4Si.H2O/c;;1-5(2,3)4;/h;;1-4H;1H2/q+3;+2;;. The molecular formula is H6AlMgO5Si+5. The summed E-state index contributed by atoms with van der Waals surface area (Å²) >= 11 is 0. The molecule has 0 spiro atoms. The van der Waals surface area contributed by atoms with Crippen molar-refractivity contribution in [3.8, 4) is 0 Å². The third-order valence-corrected chi connectivity index (χ3v) is 0. The molecule has 0 aliphatic heterocycles. The van der Waals surface area contributed by atoms with E-state index in [2.05, 4.69) is 0 Å². The van der Waals surface area contributed by atoms with Crippen molar-refractivity contribution < 1.29 is 24.7 Å². The smallest absolute Gasteiger partial charge is 0.412 e. The average molecular weight is 165 g/mol. The van der Waals surface area contributed by atoms with E-state index in [1.807, 2.05) is 0 Å². The summed E-state index contributed by atoms with van der Waals surface area (Å²) in [5.41, 5.74) is 0. The van der Waals surface area contributed by atoms with Gasteiger partial charge in [-0.25, -0.2) is 0 Å². The fraction of sp³-hybridized carbons (Fsp3) is 0. The van der Waals surface area contributed by atoms with E-state index < -0.39 is 9.05 Å². The van der Waals surface area contributed by atoms with E-state index in [1.54, 1.807) is 0 Å². The number of hydrogen-bond acceptors (Lipinski definition) is 4. The van der Waals surface area contributed by atoms with E-state index in [0.717, 1.165) is 0 Å². The molecule has 40 valence electrons. The first-order chi connectivity index (χ1) is 2.00. The normalized spacial score (nSPS) is 7.50. The van der Waals surface area contributed by atoms with Crippen LogP contribution in [0.5, 0.6) is 0 Å². The molecule has 8 heavy (non-hydrogen) atoms. The molecular weight excluding hydrogens is 159 g/mol. The van der Waals surface area contributed by atoms with Gasteiger partial charge in [-0.05, 0) is 0 Å². The van der Waals surface area contributed by atoms with E-state index in [-0.39, 0.29) is 45.9 Å². The second-order valence-corrected chi connectivity index (χ2v) is 1.80. The minimum atomic E-state index is -4.61. The van der Waals surface area contributed by atoms with Gasteiger partial charge in [0.2, 0.25) is 0 Å². The van der Waals surface area contributed by atoms with Crippen LogP contribution in [0.3, 0.4) is 0 Å². The zero-order valence-electron chi connectivity index (χ0n) is 4.07. The number of hydrogen-bond donors (Lipinski definition) is 4. The molecule has 0 aliphatic rings. The fourth-order valence-corrected chi connectivity index (χ4v) is 0. The molecule has 5 nitrogen and oxygen atoms in total. The monoisotopic (exact) mass is 165 g/mol. The Balaban J connectivity index is -0.0000000267. The van der Waals surface area contributed by atoms with Crippen molar-refractivity contribution >= 4 is 49.5 Å². The molecule has 0 aromatic heterocycles. The molecule has 6 N–H and O–H groups in total. The van der Waals surface area contributed by atoms with Crippen molar-refractivity contribution in [2.45, 2.75) is 0 Å². The largest absolute Gasteiger partial charge is 3.00 e. The Morgan fingerprint density at radius 2 is 0.875 bits per heavy atom. The van der Waals surface area contributed by atoms with Crippen LogP contribution in [0, 0.1) is 0 Å². The zero-order chi connectivity index (χ0) is 4.50. The molecule has 0 fully saturated rings. The fourth-order valence-electron chi connectivity index (χ4n) is 0. The molecule has 0 heterocycles. The van der Waals surface area contributed by atoms with Gasteiger partial charge in [0.1, 0.15) is 0 Å². The maximum absolute atomic E-state index is 7.33. The predicted molar refractivity (Wildman–Crippen MR) is 29.8 cm³/mol. The van der Waals surface area contributed by atoms with E-state index in [9.17, 15) is 0 Å². The molecule has 0 saturated heterocycles. The van der Waals surface area contributed by atoms with E-state index in [0.29, 0.717) is 0 Å². The molecule has 0 amide bonds. The van der Waals surface area contributed by atoms with Gasteiger partial charge in [0, 0.05) is 0 Å². The number of rotatable bonds is 0. The summed E-state index contributed by atoms with van der Waals surface area (Å²) < 4.78 is 0. The first kappa shape index (κ1) is 22.8. The molecule has 8 heteroatoms. The summed E-state index contributed by atoms with van der Waals surface area (Å²) in [5.74, 6) is 0. The summed E-state index contributed by atoms with van der Waals surface area (Å²) in [6.45, 7) is 0. The molecule has 0 unspecified atom stereocenters. The second-order valence-electron chi connectivity index (χ2n) is 0.600. The van der Waals surface area contributed by atoms with Crippen molar-refractivity contribution in [3.05, 3.63) is 0 Å². The third kappa shape index (κ3) is 169. The van der Waals surface area contributed by atoms with Crippen molar-refractivity contribution in [1.29, 1.82) is 0 Å². The SMILES string of the molecule is O.O[Si](O)(O)O.[Al+3].[Mg+2]. The van der Waals surface area contributed by atoms with Gasteiger partial charge >= 0.3 is 49.5 Å². The van der Waals surface area contributed by atoms with Gasteiger partial charge < -0.3 is 24.7 Å². The van der Waals surface area contributed by atoms with Crippen molar-refractivity contribution in [2.75, 3.05) is 0 Å². The van der Waals surface area contributed by atoms with Gasteiger partial charge in [-0.15, -0.1) is 0 Å². The van der Waals surface area contributed by atoms with E-state index >= 15 is 0 Å². The van der Waals surface area contributed by atoms with E-state index in [4.69, 9.17) is 19.2 Å². The maximum Gasteiger partial charge on any atom is 3.00 e. The van der Waals surface area contributed by atoms with Crippen molar-refractivity contribution in [2.24, 2.45) is 0 Å². The molecule has 0 atom stereocenters. The van der Waals surface area contributed by atoms with Crippen LogP contribution in [-0.2, 0) is 0 Å². The van der Waals surface area contributed by atoms with Crippen LogP contribution >= 0.6 is 0 Å². The first-order valence-corrected chi connectivity index (χ1v) is 2.68. The summed E-state index contributed by atoms with van der Waals surface area (Å²) in [4.78, 5) is 29.3. The Hall–Kier alpha value is 1.32. The van der Waals surface area contributed by atoms with Crippen LogP contribution in [-0.4, -0.2) is 74.1 Å². The minimum absolute atomic E-state index is 0. The van der Waals surface area contributed by atoms with E-state index in [1.165, 1.54) is 0 Å². The molecule has 0 aromatic carbocycles. The quantitative estimate of drug-likeness (QED) is 0.273. The molecule has 0 bridgehead atoms. The maximum atomic E-state index is 7.33. The third-order valence-electron chi connectivity index (χ3n) is 0. The molecule has 0 radical (unpaired) electrons.